The fourth-order valence-corrected chi connectivity index (χ4v) is 1.60. The van der Waals surface area contributed by atoms with Crippen LogP contribution in [0.2, 0.25) is 0 Å². The van der Waals surface area contributed by atoms with Gasteiger partial charge >= 0.3 is 5.97 Å². The summed E-state index contributed by atoms with van der Waals surface area (Å²) in [6.07, 6.45) is 0. The van der Waals surface area contributed by atoms with Crippen molar-refractivity contribution in [2.24, 2.45) is 0 Å². The summed E-state index contributed by atoms with van der Waals surface area (Å²) in [6.45, 7) is 0. The summed E-state index contributed by atoms with van der Waals surface area (Å²) in [6, 6.07) is 4.95. The van der Waals surface area contributed by atoms with Gasteiger partial charge in [-0.05, 0) is 18.2 Å². The molecule has 0 fully saturated rings. The highest BCUT2D eigenvalue weighted by Gasteiger charge is 2.13. The lowest BCUT2D eigenvalue weighted by Crippen LogP contribution is -2.18. The van der Waals surface area contributed by atoms with Crippen LogP contribution in [0, 0.1) is 0 Å². The fraction of sp³-hybridized carbons (Fsp3) is 0. The van der Waals surface area contributed by atoms with E-state index >= 15 is 0 Å². The van der Waals surface area contributed by atoms with E-state index in [-0.39, 0.29) is 0 Å². The molecule has 0 aliphatic carbocycles. The molecular formula is C9H5BrN2O3. The second kappa shape index (κ2) is 3.47. The number of hydrogen-bond acceptors (Lipinski definition) is 3. The number of aromatic amines is 1. The maximum Gasteiger partial charge on any atom is 0.360 e. The molecule has 76 valence electrons. The molecule has 0 saturated heterocycles. The SMILES string of the molecule is O=C(O)c1n[nH]c2ccc(Br)cc2c1=O. The average molecular weight is 269 g/mol. The number of aromatic nitrogens is 2. The van der Waals surface area contributed by atoms with Gasteiger partial charge < -0.3 is 5.11 Å². The zero-order valence-electron chi connectivity index (χ0n) is 7.32. The molecule has 0 radical (unpaired) electrons. The minimum absolute atomic E-state index is 0.303. The molecule has 0 unspecified atom stereocenters. The first kappa shape index (κ1) is 9.85. The lowest BCUT2D eigenvalue weighted by molar-refractivity contribution is 0.0688. The van der Waals surface area contributed by atoms with Crippen LogP contribution in [0.4, 0.5) is 0 Å². The van der Waals surface area contributed by atoms with Crippen molar-refractivity contribution in [1.82, 2.24) is 10.2 Å². The van der Waals surface area contributed by atoms with Gasteiger partial charge in [0.1, 0.15) is 0 Å². The Labute approximate surface area is 91.9 Å². The van der Waals surface area contributed by atoms with Gasteiger partial charge in [0.05, 0.1) is 10.9 Å². The summed E-state index contributed by atoms with van der Waals surface area (Å²) in [5, 5.41) is 15.0. The molecule has 0 aliphatic rings. The summed E-state index contributed by atoms with van der Waals surface area (Å²) in [5.41, 5.74) is -0.577. The predicted octanol–water partition coefficient (Wildman–Crippen LogP) is 1.38. The van der Waals surface area contributed by atoms with Crippen molar-refractivity contribution < 1.29 is 9.90 Å². The van der Waals surface area contributed by atoms with E-state index in [0.29, 0.717) is 15.4 Å². The summed E-state index contributed by atoms with van der Waals surface area (Å²) >= 11 is 3.21. The van der Waals surface area contributed by atoms with Crippen LogP contribution in [0.5, 0.6) is 0 Å². The van der Waals surface area contributed by atoms with E-state index in [1.54, 1.807) is 18.2 Å². The molecule has 0 aliphatic heterocycles. The van der Waals surface area contributed by atoms with Crippen molar-refractivity contribution in [2.45, 2.75) is 0 Å². The Kier molecular flexibility index (Phi) is 2.28. The monoisotopic (exact) mass is 268 g/mol. The Morgan fingerprint density at radius 3 is 2.87 bits per heavy atom. The topological polar surface area (TPSA) is 83.0 Å². The van der Waals surface area contributed by atoms with E-state index in [4.69, 9.17) is 5.11 Å². The first-order valence-corrected chi connectivity index (χ1v) is 4.80. The Morgan fingerprint density at radius 1 is 1.47 bits per heavy atom. The van der Waals surface area contributed by atoms with Crippen LogP contribution in [0.25, 0.3) is 10.9 Å². The van der Waals surface area contributed by atoms with Crippen LogP contribution >= 0.6 is 15.9 Å². The molecule has 0 saturated carbocycles. The molecule has 0 amide bonds. The molecule has 2 aromatic rings. The quantitative estimate of drug-likeness (QED) is 0.819. The average Bonchev–Trinajstić information content (AvgIpc) is 2.19. The van der Waals surface area contributed by atoms with Crippen molar-refractivity contribution in [1.29, 1.82) is 0 Å². The molecular weight excluding hydrogens is 264 g/mol. The molecule has 2 N–H and O–H groups in total. The molecule has 6 heteroatoms. The molecule has 0 spiro atoms. The van der Waals surface area contributed by atoms with Gasteiger partial charge in [-0.3, -0.25) is 9.89 Å². The number of nitrogens with one attached hydrogen (secondary N) is 1. The van der Waals surface area contributed by atoms with Gasteiger partial charge in [0.15, 0.2) is 0 Å². The van der Waals surface area contributed by atoms with Gasteiger partial charge in [-0.25, -0.2) is 4.79 Å². The van der Waals surface area contributed by atoms with E-state index in [1.165, 1.54) is 0 Å². The van der Waals surface area contributed by atoms with Gasteiger partial charge in [0.25, 0.3) is 0 Å². The molecule has 15 heavy (non-hydrogen) atoms. The highest BCUT2D eigenvalue weighted by molar-refractivity contribution is 9.10. The van der Waals surface area contributed by atoms with Crippen molar-refractivity contribution in [2.75, 3.05) is 0 Å². The molecule has 5 nitrogen and oxygen atoms in total. The van der Waals surface area contributed by atoms with E-state index in [1.807, 2.05) is 0 Å². The van der Waals surface area contributed by atoms with Crippen molar-refractivity contribution in [3.8, 4) is 0 Å². The van der Waals surface area contributed by atoms with Gasteiger partial charge in [-0.2, -0.15) is 5.10 Å². The standard InChI is InChI=1S/C9H5BrN2O3/c10-4-1-2-6-5(3-4)8(13)7(9(14)15)12-11-6/h1-3H,(H,11,13)(H,14,15). The Bertz CT molecular complexity index is 606. The number of rotatable bonds is 1. The molecule has 1 aromatic heterocycles. The molecule has 1 aromatic carbocycles. The van der Waals surface area contributed by atoms with E-state index < -0.39 is 17.1 Å². The minimum atomic E-state index is -1.34. The van der Waals surface area contributed by atoms with Crippen LogP contribution in [0.1, 0.15) is 10.5 Å². The zero-order chi connectivity index (χ0) is 11.0. The zero-order valence-corrected chi connectivity index (χ0v) is 8.91. The third kappa shape index (κ3) is 1.63. The number of carboxylic acid groups (broad SMARTS) is 1. The van der Waals surface area contributed by atoms with Gasteiger partial charge in [0, 0.05) is 4.47 Å². The Hall–Kier alpha value is -1.69. The molecule has 1 heterocycles. The van der Waals surface area contributed by atoms with Crippen molar-refractivity contribution >= 4 is 32.8 Å². The fourth-order valence-electron chi connectivity index (χ4n) is 1.24. The number of hydrogen-bond donors (Lipinski definition) is 2. The second-order valence-corrected chi connectivity index (χ2v) is 3.81. The number of aromatic carboxylic acids is 1. The predicted molar refractivity (Wildman–Crippen MR) is 57.0 cm³/mol. The largest absolute Gasteiger partial charge is 0.476 e. The van der Waals surface area contributed by atoms with Gasteiger partial charge in [0.2, 0.25) is 11.1 Å². The van der Waals surface area contributed by atoms with E-state index in [2.05, 4.69) is 26.1 Å². The molecule has 2 rings (SSSR count). The van der Waals surface area contributed by atoms with Crippen LogP contribution < -0.4 is 5.43 Å². The smallest absolute Gasteiger partial charge is 0.360 e. The maximum atomic E-state index is 11.6. The van der Waals surface area contributed by atoms with Gasteiger partial charge in [-0.15, -0.1) is 0 Å². The molecule has 0 bridgehead atoms. The maximum absolute atomic E-state index is 11.6. The summed E-state index contributed by atoms with van der Waals surface area (Å²) in [4.78, 5) is 22.3. The highest BCUT2D eigenvalue weighted by atomic mass is 79.9. The number of fused-ring (bicyclic) bond motifs is 1. The van der Waals surface area contributed by atoms with Crippen molar-refractivity contribution in [3.63, 3.8) is 0 Å². The first-order chi connectivity index (χ1) is 7.09. The van der Waals surface area contributed by atoms with Crippen LogP contribution in [-0.2, 0) is 0 Å². The number of halogens is 1. The number of benzene rings is 1. The number of H-pyrrole nitrogens is 1. The van der Waals surface area contributed by atoms with Gasteiger partial charge in [-0.1, -0.05) is 15.9 Å². The molecule has 0 atom stereocenters. The summed E-state index contributed by atoms with van der Waals surface area (Å²) in [7, 11) is 0. The normalized spacial score (nSPS) is 10.5. The van der Waals surface area contributed by atoms with E-state index in [0.717, 1.165) is 0 Å². The van der Waals surface area contributed by atoms with Crippen LogP contribution in [-0.4, -0.2) is 21.3 Å². The lowest BCUT2D eigenvalue weighted by Gasteiger charge is -1.98. The van der Waals surface area contributed by atoms with Crippen LogP contribution in [0.3, 0.4) is 0 Å². The first-order valence-electron chi connectivity index (χ1n) is 4.01. The second-order valence-electron chi connectivity index (χ2n) is 2.90. The number of carbonyl (C=O) groups is 1. The van der Waals surface area contributed by atoms with E-state index in [9.17, 15) is 9.59 Å². The van der Waals surface area contributed by atoms with Crippen LogP contribution in [0.15, 0.2) is 27.5 Å². The Balaban J connectivity index is 2.89. The minimum Gasteiger partial charge on any atom is -0.476 e. The lowest BCUT2D eigenvalue weighted by atomic mass is 10.2. The third-order valence-corrected chi connectivity index (χ3v) is 2.43. The Morgan fingerprint density at radius 2 is 2.20 bits per heavy atom. The van der Waals surface area contributed by atoms with Crippen molar-refractivity contribution in [3.05, 3.63) is 38.6 Å². The summed E-state index contributed by atoms with van der Waals surface area (Å²) < 4.78 is 0.711. The summed E-state index contributed by atoms with van der Waals surface area (Å²) in [5.74, 6) is -1.34. The number of nitrogens with zero attached hydrogens (tertiary/aromatic N) is 1. The third-order valence-electron chi connectivity index (χ3n) is 1.93. The number of carboxylic acids is 1. The highest BCUT2D eigenvalue weighted by Crippen LogP contribution is 2.14.